The van der Waals surface area contributed by atoms with Crippen LogP contribution in [0.2, 0.25) is 0 Å². The third-order valence-electron chi connectivity index (χ3n) is 4.42. The van der Waals surface area contributed by atoms with Crippen LogP contribution in [-0.2, 0) is 4.74 Å². The number of benzene rings is 2. The third-order valence-corrected chi connectivity index (χ3v) is 4.42. The van der Waals surface area contributed by atoms with Crippen molar-refractivity contribution in [1.82, 2.24) is 0 Å². The number of rotatable bonds is 5. The molecule has 0 aromatic heterocycles. The summed E-state index contributed by atoms with van der Waals surface area (Å²) in [6.45, 7) is -0.552. The van der Waals surface area contributed by atoms with Gasteiger partial charge in [-0.15, -0.1) is 0 Å². The summed E-state index contributed by atoms with van der Waals surface area (Å²) in [5, 5.41) is 48.1. The Labute approximate surface area is 154 Å². The quantitative estimate of drug-likeness (QED) is 0.500. The second kappa shape index (κ2) is 8.03. The number of aliphatic hydroxyl groups is 4. The standard InChI is InChI=1S/C19H20O8/c20-9-14-15(21)16(22)17(23)19(27-14)26-13-4-2-1-3-12(13)10-5-7-11(8-6-10)18(24)25/h1-8,14-17,19-23H,9H2,(H,24,25)/t14-,15-,16-,17+,19+/m1/s1. The zero-order valence-electron chi connectivity index (χ0n) is 14.2. The van der Waals surface area contributed by atoms with Gasteiger partial charge in [-0.2, -0.15) is 0 Å². The van der Waals surface area contributed by atoms with Gasteiger partial charge >= 0.3 is 5.97 Å². The van der Waals surface area contributed by atoms with Gasteiger partial charge in [0.25, 0.3) is 0 Å². The number of carboxylic acid groups (broad SMARTS) is 1. The fourth-order valence-electron chi connectivity index (χ4n) is 2.89. The van der Waals surface area contributed by atoms with Crippen LogP contribution in [0.4, 0.5) is 0 Å². The Balaban J connectivity index is 1.87. The molecule has 2 aromatic rings. The number of carboxylic acids is 1. The van der Waals surface area contributed by atoms with E-state index in [1.807, 2.05) is 0 Å². The van der Waals surface area contributed by atoms with Gasteiger partial charge < -0.3 is 35.0 Å². The predicted octanol–water partition coefficient (Wildman–Crippen LogP) is 0.230. The van der Waals surface area contributed by atoms with Crippen LogP contribution < -0.4 is 4.74 Å². The zero-order chi connectivity index (χ0) is 19.6. The molecule has 2 aromatic carbocycles. The minimum absolute atomic E-state index is 0.145. The van der Waals surface area contributed by atoms with Gasteiger partial charge in [-0.3, -0.25) is 0 Å². The lowest BCUT2D eigenvalue weighted by Crippen LogP contribution is -2.60. The van der Waals surface area contributed by atoms with E-state index in [4.69, 9.17) is 14.6 Å². The Bertz CT molecular complexity index is 789. The first kappa shape index (κ1) is 19.3. The second-order valence-corrected chi connectivity index (χ2v) is 6.19. The molecule has 1 aliphatic heterocycles. The van der Waals surface area contributed by atoms with Gasteiger partial charge in [-0.05, 0) is 23.8 Å². The van der Waals surface area contributed by atoms with Crippen LogP contribution in [-0.4, -0.2) is 68.8 Å². The van der Waals surface area contributed by atoms with Crippen molar-refractivity contribution in [2.24, 2.45) is 0 Å². The molecule has 0 spiro atoms. The maximum atomic E-state index is 11.0. The Hall–Kier alpha value is -2.49. The highest BCUT2D eigenvalue weighted by Crippen LogP contribution is 2.33. The third kappa shape index (κ3) is 3.95. The number of hydrogen-bond acceptors (Lipinski definition) is 7. The Morgan fingerprint density at radius 1 is 0.963 bits per heavy atom. The molecule has 1 fully saturated rings. The molecule has 8 nitrogen and oxygen atoms in total. The molecule has 5 N–H and O–H groups in total. The molecule has 144 valence electrons. The molecule has 1 heterocycles. The van der Waals surface area contributed by atoms with Gasteiger partial charge in [0.05, 0.1) is 12.2 Å². The Morgan fingerprint density at radius 2 is 1.63 bits per heavy atom. The first-order valence-electron chi connectivity index (χ1n) is 8.32. The molecule has 0 bridgehead atoms. The molecular weight excluding hydrogens is 356 g/mol. The van der Waals surface area contributed by atoms with Crippen LogP contribution in [0.5, 0.6) is 5.75 Å². The van der Waals surface area contributed by atoms with E-state index in [2.05, 4.69) is 0 Å². The van der Waals surface area contributed by atoms with E-state index >= 15 is 0 Å². The van der Waals surface area contributed by atoms with Crippen molar-refractivity contribution in [3.63, 3.8) is 0 Å². The smallest absolute Gasteiger partial charge is 0.335 e. The summed E-state index contributed by atoms with van der Waals surface area (Å²) in [6.07, 6.45) is -6.91. The van der Waals surface area contributed by atoms with Crippen molar-refractivity contribution >= 4 is 5.97 Å². The summed E-state index contributed by atoms with van der Waals surface area (Å²) < 4.78 is 11.1. The number of para-hydroxylation sites is 1. The molecule has 3 rings (SSSR count). The zero-order valence-corrected chi connectivity index (χ0v) is 14.2. The number of aliphatic hydroxyl groups excluding tert-OH is 4. The summed E-state index contributed by atoms with van der Waals surface area (Å²) in [5.74, 6) is -0.711. The number of hydrogen-bond donors (Lipinski definition) is 5. The molecule has 0 saturated carbocycles. The van der Waals surface area contributed by atoms with Crippen molar-refractivity contribution in [3.05, 3.63) is 54.1 Å². The van der Waals surface area contributed by atoms with Crippen LogP contribution in [0, 0.1) is 0 Å². The average molecular weight is 376 g/mol. The lowest BCUT2D eigenvalue weighted by Gasteiger charge is -2.39. The fourth-order valence-corrected chi connectivity index (χ4v) is 2.89. The summed E-state index contributed by atoms with van der Waals surface area (Å²) in [7, 11) is 0. The Kier molecular flexibility index (Phi) is 5.73. The molecule has 27 heavy (non-hydrogen) atoms. The topological polar surface area (TPSA) is 137 Å². The highest BCUT2D eigenvalue weighted by Gasteiger charge is 2.44. The molecule has 0 radical (unpaired) electrons. The molecule has 0 aliphatic carbocycles. The van der Waals surface area contributed by atoms with Crippen LogP contribution in [0.1, 0.15) is 10.4 Å². The highest BCUT2D eigenvalue weighted by atomic mass is 16.7. The van der Waals surface area contributed by atoms with Crippen molar-refractivity contribution in [2.45, 2.75) is 30.7 Å². The lowest BCUT2D eigenvalue weighted by molar-refractivity contribution is -0.277. The van der Waals surface area contributed by atoms with Crippen LogP contribution in [0.3, 0.4) is 0 Å². The van der Waals surface area contributed by atoms with Crippen molar-refractivity contribution < 1.29 is 39.8 Å². The van der Waals surface area contributed by atoms with E-state index in [1.54, 1.807) is 36.4 Å². The molecule has 0 unspecified atom stereocenters. The van der Waals surface area contributed by atoms with Crippen LogP contribution in [0.25, 0.3) is 11.1 Å². The van der Waals surface area contributed by atoms with Gasteiger partial charge in [-0.1, -0.05) is 30.3 Å². The predicted molar refractivity (Wildman–Crippen MR) is 93.2 cm³/mol. The number of carbonyl (C=O) groups is 1. The van der Waals surface area contributed by atoms with Crippen molar-refractivity contribution in [2.75, 3.05) is 6.61 Å². The molecule has 1 aliphatic rings. The van der Waals surface area contributed by atoms with Crippen molar-refractivity contribution in [1.29, 1.82) is 0 Å². The maximum absolute atomic E-state index is 11.0. The van der Waals surface area contributed by atoms with Gasteiger partial charge in [0.1, 0.15) is 30.2 Å². The first-order valence-corrected chi connectivity index (χ1v) is 8.32. The van der Waals surface area contributed by atoms with Crippen LogP contribution >= 0.6 is 0 Å². The maximum Gasteiger partial charge on any atom is 0.335 e. The minimum Gasteiger partial charge on any atom is -0.478 e. The van der Waals surface area contributed by atoms with E-state index in [1.165, 1.54) is 12.1 Å². The molecule has 1 saturated heterocycles. The fraction of sp³-hybridized carbons (Fsp3) is 0.316. The molecule has 5 atom stereocenters. The second-order valence-electron chi connectivity index (χ2n) is 6.19. The van der Waals surface area contributed by atoms with Gasteiger partial charge in [0.2, 0.25) is 6.29 Å². The van der Waals surface area contributed by atoms with E-state index in [0.717, 1.165) is 0 Å². The number of ether oxygens (including phenoxy) is 2. The van der Waals surface area contributed by atoms with E-state index < -0.39 is 43.3 Å². The molecular formula is C19H20O8. The van der Waals surface area contributed by atoms with E-state index in [9.17, 15) is 25.2 Å². The number of aromatic carboxylic acids is 1. The summed E-state index contributed by atoms with van der Waals surface area (Å²) in [5.41, 5.74) is 1.44. The first-order chi connectivity index (χ1) is 12.9. The normalized spacial score (nSPS) is 27.9. The largest absolute Gasteiger partial charge is 0.478 e. The average Bonchev–Trinajstić information content (AvgIpc) is 2.69. The summed E-state index contributed by atoms with van der Waals surface area (Å²) >= 11 is 0. The molecule has 0 amide bonds. The highest BCUT2D eigenvalue weighted by molar-refractivity contribution is 5.88. The summed E-state index contributed by atoms with van der Waals surface area (Å²) in [6, 6.07) is 13.0. The monoisotopic (exact) mass is 376 g/mol. The van der Waals surface area contributed by atoms with Crippen molar-refractivity contribution in [3.8, 4) is 16.9 Å². The Morgan fingerprint density at radius 3 is 2.26 bits per heavy atom. The van der Waals surface area contributed by atoms with E-state index in [0.29, 0.717) is 16.9 Å². The van der Waals surface area contributed by atoms with Gasteiger partial charge in [0.15, 0.2) is 0 Å². The van der Waals surface area contributed by atoms with Crippen LogP contribution in [0.15, 0.2) is 48.5 Å². The van der Waals surface area contributed by atoms with Gasteiger partial charge in [-0.25, -0.2) is 4.79 Å². The van der Waals surface area contributed by atoms with E-state index in [-0.39, 0.29) is 5.56 Å². The SMILES string of the molecule is O=C(O)c1ccc(-c2ccccc2O[C@H]2O[C@H](CO)[C@@H](O)[C@@H](O)[C@@H]2O)cc1. The van der Waals surface area contributed by atoms with Gasteiger partial charge in [0, 0.05) is 5.56 Å². The summed E-state index contributed by atoms with van der Waals surface area (Å²) in [4.78, 5) is 11.0. The molecule has 8 heteroatoms. The lowest BCUT2D eigenvalue weighted by atomic mass is 9.99. The minimum atomic E-state index is -1.54.